The lowest BCUT2D eigenvalue weighted by atomic mass is 10.1. The number of benzene rings is 1. The first kappa shape index (κ1) is 20.9. The summed E-state index contributed by atoms with van der Waals surface area (Å²) in [5, 5.41) is 17.0. The van der Waals surface area contributed by atoms with Gasteiger partial charge in [-0.2, -0.15) is 5.21 Å². The van der Waals surface area contributed by atoms with Gasteiger partial charge in [-0.3, -0.25) is 9.69 Å². The third kappa shape index (κ3) is 4.18. The Morgan fingerprint density at radius 3 is 2.97 bits per heavy atom. The largest absolute Gasteiger partial charge is 0.397 e. The van der Waals surface area contributed by atoms with E-state index in [1.54, 1.807) is 16.2 Å². The zero-order chi connectivity index (χ0) is 22.1. The SMILES string of the molecule is Nc1cc(-c2csc(C=C3SC(=S)N(CCCCc4nn[nH]n4)C3=O)c2)cc2cc[nH]c12. The average Bonchev–Trinajstić information content (AvgIpc) is 3.56. The summed E-state index contributed by atoms with van der Waals surface area (Å²) in [7, 11) is 0. The molecule has 1 aromatic carbocycles. The number of unbranched alkanes of at least 4 members (excludes halogenated alkanes) is 1. The average molecular weight is 482 g/mol. The first-order valence-corrected chi connectivity index (χ1v) is 12.1. The first-order valence-electron chi connectivity index (χ1n) is 10.0. The number of aromatic amines is 2. The predicted octanol–water partition coefficient (Wildman–Crippen LogP) is 4.22. The Hall–Kier alpha value is -3.02. The monoisotopic (exact) mass is 481 g/mol. The number of aromatic nitrogens is 5. The molecule has 8 nitrogen and oxygen atoms in total. The molecule has 11 heteroatoms. The van der Waals surface area contributed by atoms with Gasteiger partial charge in [-0.25, -0.2) is 0 Å². The van der Waals surface area contributed by atoms with E-state index in [0.717, 1.165) is 51.9 Å². The molecule has 0 saturated carbocycles. The van der Waals surface area contributed by atoms with Crippen LogP contribution in [0.4, 0.5) is 5.69 Å². The maximum atomic E-state index is 12.9. The normalized spacial score (nSPS) is 15.5. The summed E-state index contributed by atoms with van der Waals surface area (Å²) in [6.45, 7) is 0.589. The van der Waals surface area contributed by atoms with Gasteiger partial charge in [0.2, 0.25) is 0 Å². The number of aryl methyl sites for hydroxylation is 1. The molecule has 4 N–H and O–H groups in total. The van der Waals surface area contributed by atoms with Crippen molar-refractivity contribution < 1.29 is 4.79 Å². The van der Waals surface area contributed by atoms with Crippen LogP contribution in [-0.4, -0.2) is 47.3 Å². The number of carbonyl (C=O) groups is 1. The number of thioether (sulfide) groups is 1. The first-order chi connectivity index (χ1) is 15.6. The second kappa shape index (κ2) is 8.85. The summed E-state index contributed by atoms with van der Waals surface area (Å²) in [4.78, 5) is 19.4. The van der Waals surface area contributed by atoms with Crippen molar-refractivity contribution >= 4 is 68.2 Å². The zero-order valence-electron chi connectivity index (χ0n) is 16.9. The number of rotatable bonds is 7. The van der Waals surface area contributed by atoms with Gasteiger partial charge >= 0.3 is 0 Å². The Bertz CT molecular complexity index is 1320. The number of nitrogen functional groups attached to an aromatic ring is 1. The minimum atomic E-state index is -0.0347. The number of thiophene rings is 1. The van der Waals surface area contributed by atoms with Crippen LogP contribution in [0, 0.1) is 0 Å². The number of fused-ring (bicyclic) bond motifs is 1. The van der Waals surface area contributed by atoms with Gasteiger partial charge < -0.3 is 10.7 Å². The number of tetrazole rings is 1. The van der Waals surface area contributed by atoms with Crippen molar-refractivity contribution in [3.8, 4) is 11.1 Å². The molecule has 0 bridgehead atoms. The Morgan fingerprint density at radius 1 is 1.22 bits per heavy atom. The van der Waals surface area contributed by atoms with E-state index < -0.39 is 0 Å². The Balaban J connectivity index is 1.26. The molecule has 0 unspecified atom stereocenters. The van der Waals surface area contributed by atoms with Gasteiger partial charge in [-0.05, 0) is 59.7 Å². The number of nitrogens with one attached hydrogen (secondary N) is 2. The lowest BCUT2D eigenvalue weighted by Crippen LogP contribution is -2.29. The van der Waals surface area contributed by atoms with Crippen LogP contribution >= 0.6 is 35.3 Å². The highest BCUT2D eigenvalue weighted by atomic mass is 32.2. The minimum Gasteiger partial charge on any atom is -0.397 e. The molecule has 1 fully saturated rings. The number of nitrogens with two attached hydrogens (primary N) is 1. The molecular weight excluding hydrogens is 462 g/mol. The number of amides is 1. The summed E-state index contributed by atoms with van der Waals surface area (Å²) >= 11 is 8.40. The number of hydrogen-bond donors (Lipinski definition) is 3. The predicted molar refractivity (Wildman–Crippen MR) is 133 cm³/mol. The number of thiocarbonyl (C=S) groups is 1. The van der Waals surface area contributed by atoms with Gasteiger partial charge in [0.1, 0.15) is 4.32 Å². The van der Waals surface area contributed by atoms with Crippen molar-refractivity contribution in [2.75, 3.05) is 12.3 Å². The third-order valence-corrected chi connectivity index (χ3v) is 7.47. The number of nitrogens with zero attached hydrogens (tertiary/aromatic N) is 4. The number of hydrogen-bond acceptors (Lipinski definition) is 8. The number of H-pyrrole nitrogens is 2. The Kier molecular flexibility index (Phi) is 5.77. The summed E-state index contributed by atoms with van der Waals surface area (Å²) in [6.07, 6.45) is 6.21. The van der Waals surface area contributed by atoms with Crippen LogP contribution in [0.15, 0.2) is 40.7 Å². The summed E-state index contributed by atoms with van der Waals surface area (Å²) < 4.78 is 0.600. The fourth-order valence-corrected chi connectivity index (χ4v) is 5.83. The van der Waals surface area contributed by atoms with E-state index in [2.05, 4.69) is 43.1 Å². The van der Waals surface area contributed by atoms with Gasteiger partial charge in [-0.15, -0.1) is 21.5 Å². The van der Waals surface area contributed by atoms with E-state index in [-0.39, 0.29) is 5.91 Å². The van der Waals surface area contributed by atoms with E-state index in [4.69, 9.17) is 18.0 Å². The highest BCUT2D eigenvalue weighted by molar-refractivity contribution is 8.26. The van der Waals surface area contributed by atoms with Gasteiger partial charge in [0, 0.05) is 29.4 Å². The second-order valence-corrected chi connectivity index (χ2v) is 9.98. The topological polar surface area (TPSA) is 117 Å². The molecule has 5 rings (SSSR count). The molecule has 3 aromatic heterocycles. The van der Waals surface area contributed by atoms with E-state index in [1.807, 2.05) is 24.4 Å². The highest BCUT2D eigenvalue weighted by Gasteiger charge is 2.31. The van der Waals surface area contributed by atoms with Crippen LogP contribution in [-0.2, 0) is 11.2 Å². The molecule has 0 aliphatic carbocycles. The molecule has 1 saturated heterocycles. The number of carbonyl (C=O) groups excluding carboxylic acids is 1. The molecule has 4 aromatic rings. The van der Waals surface area contributed by atoms with Crippen LogP contribution in [0.25, 0.3) is 28.1 Å². The maximum absolute atomic E-state index is 12.9. The Labute approximate surface area is 197 Å². The van der Waals surface area contributed by atoms with Crippen LogP contribution in [0.3, 0.4) is 0 Å². The van der Waals surface area contributed by atoms with Gasteiger partial charge in [0.25, 0.3) is 5.91 Å². The summed E-state index contributed by atoms with van der Waals surface area (Å²) in [5.74, 6) is 0.647. The van der Waals surface area contributed by atoms with Crippen molar-refractivity contribution in [3.05, 3.63) is 51.4 Å². The fourth-order valence-electron chi connectivity index (χ4n) is 3.61. The van der Waals surface area contributed by atoms with Crippen molar-refractivity contribution in [1.82, 2.24) is 30.5 Å². The smallest absolute Gasteiger partial charge is 0.266 e. The Morgan fingerprint density at radius 2 is 2.12 bits per heavy atom. The third-order valence-electron chi connectivity index (χ3n) is 5.21. The van der Waals surface area contributed by atoms with Gasteiger partial charge in [0.15, 0.2) is 5.82 Å². The molecule has 0 spiro atoms. The molecule has 32 heavy (non-hydrogen) atoms. The lowest BCUT2D eigenvalue weighted by molar-refractivity contribution is -0.122. The van der Waals surface area contributed by atoms with Crippen molar-refractivity contribution in [2.24, 2.45) is 0 Å². The van der Waals surface area contributed by atoms with Gasteiger partial charge in [-0.1, -0.05) is 29.2 Å². The van der Waals surface area contributed by atoms with Crippen molar-refractivity contribution in [3.63, 3.8) is 0 Å². The fraction of sp³-hybridized carbons (Fsp3) is 0.190. The highest BCUT2D eigenvalue weighted by Crippen LogP contribution is 2.36. The lowest BCUT2D eigenvalue weighted by Gasteiger charge is -2.13. The standard InChI is InChI=1S/C21H19N7OS3/c22-16-9-13(7-12-4-5-23-19(12)16)14-8-15(31-11-14)10-17-20(29)28(21(30)32-17)6-2-1-3-18-24-26-27-25-18/h4-5,7-11,23H,1-3,6,22H2,(H,24,25,26,27). The minimum absolute atomic E-state index is 0.0347. The summed E-state index contributed by atoms with van der Waals surface area (Å²) in [6, 6.07) is 8.17. The molecule has 0 atom stereocenters. The van der Waals surface area contributed by atoms with Crippen LogP contribution in [0.2, 0.25) is 0 Å². The number of anilines is 1. The maximum Gasteiger partial charge on any atom is 0.266 e. The van der Waals surface area contributed by atoms with E-state index >= 15 is 0 Å². The van der Waals surface area contributed by atoms with Crippen molar-refractivity contribution in [1.29, 1.82) is 0 Å². The van der Waals surface area contributed by atoms with Crippen LogP contribution < -0.4 is 5.73 Å². The molecule has 162 valence electrons. The molecule has 1 aliphatic heterocycles. The quantitative estimate of drug-likeness (QED) is 0.157. The summed E-state index contributed by atoms with van der Waals surface area (Å²) in [5.41, 5.74) is 9.98. The van der Waals surface area contributed by atoms with E-state index in [0.29, 0.717) is 21.6 Å². The molecule has 4 heterocycles. The van der Waals surface area contributed by atoms with Crippen LogP contribution in [0.5, 0.6) is 0 Å². The van der Waals surface area contributed by atoms with Gasteiger partial charge in [0.05, 0.1) is 16.1 Å². The van der Waals surface area contributed by atoms with E-state index in [9.17, 15) is 4.79 Å². The van der Waals surface area contributed by atoms with Crippen molar-refractivity contribution in [2.45, 2.75) is 19.3 Å². The molecular formula is C21H19N7OS3. The molecule has 0 radical (unpaired) electrons. The molecule has 1 aliphatic rings. The van der Waals surface area contributed by atoms with E-state index in [1.165, 1.54) is 11.8 Å². The molecule has 1 amide bonds. The zero-order valence-corrected chi connectivity index (χ0v) is 19.3. The second-order valence-electron chi connectivity index (χ2n) is 7.36. The van der Waals surface area contributed by atoms with Crippen LogP contribution in [0.1, 0.15) is 23.5 Å².